The van der Waals surface area contributed by atoms with Crippen LogP contribution in [0.25, 0.3) is 0 Å². The number of aromatic nitrogens is 2. The molecular formula is C10H15N3O2. The number of rotatable bonds is 5. The smallest absolute Gasteiger partial charge is 0.309 e. The molecule has 5 heteroatoms. The van der Waals surface area contributed by atoms with Gasteiger partial charge in [-0.25, -0.2) is 9.97 Å². The van der Waals surface area contributed by atoms with Crippen molar-refractivity contribution in [2.24, 2.45) is 5.92 Å². The van der Waals surface area contributed by atoms with Gasteiger partial charge in [0, 0.05) is 19.3 Å². The van der Waals surface area contributed by atoms with Gasteiger partial charge in [-0.15, -0.1) is 0 Å². The number of nitrogens with zero attached hydrogens (tertiary/aromatic N) is 2. The largest absolute Gasteiger partial charge is 0.469 e. The minimum Gasteiger partial charge on any atom is -0.469 e. The van der Waals surface area contributed by atoms with E-state index in [1.54, 1.807) is 6.20 Å². The Kier molecular flexibility index (Phi) is 4.70. The number of methoxy groups -OCH3 is 1. The topological polar surface area (TPSA) is 64.1 Å². The van der Waals surface area contributed by atoms with E-state index in [-0.39, 0.29) is 11.9 Å². The monoisotopic (exact) mass is 209 g/mol. The van der Waals surface area contributed by atoms with Gasteiger partial charge in [-0.2, -0.15) is 0 Å². The van der Waals surface area contributed by atoms with E-state index in [4.69, 9.17) is 0 Å². The Labute approximate surface area is 88.9 Å². The molecule has 0 aliphatic carbocycles. The van der Waals surface area contributed by atoms with Gasteiger partial charge in [0.15, 0.2) is 0 Å². The molecular weight excluding hydrogens is 194 g/mol. The molecule has 0 amide bonds. The molecule has 0 radical (unpaired) electrons. The van der Waals surface area contributed by atoms with Gasteiger partial charge in [0.05, 0.1) is 18.7 Å². The first kappa shape index (κ1) is 11.6. The molecule has 1 aromatic rings. The maximum atomic E-state index is 11.1. The highest BCUT2D eigenvalue weighted by atomic mass is 16.5. The number of carbonyl (C=O) groups excluding carboxylic acids is 1. The van der Waals surface area contributed by atoms with Gasteiger partial charge in [0.25, 0.3) is 0 Å². The van der Waals surface area contributed by atoms with Gasteiger partial charge in [-0.3, -0.25) is 4.79 Å². The molecule has 1 N–H and O–H groups in total. The normalized spacial score (nSPS) is 12.1. The third-order valence-corrected chi connectivity index (χ3v) is 2.00. The van der Waals surface area contributed by atoms with Gasteiger partial charge in [0.2, 0.25) is 0 Å². The Hall–Kier alpha value is -1.49. The number of carbonyl (C=O) groups is 1. The minimum absolute atomic E-state index is 0.142. The Morgan fingerprint density at radius 2 is 2.47 bits per heavy atom. The van der Waals surface area contributed by atoms with Crippen molar-refractivity contribution in [3.05, 3.63) is 24.3 Å². The van der Waals surface area contributed by atoms with Crippen LogP contribution in [0.5, 0.6) is 0 Å². The zero-order valence-electron chi connectivity index (χ0n) is 8.93. The highest BCUT2D eigenvalue weighted by molar-refractivity contribution is 5.71. The molecule has 15 heavy (non-hydrogen) atoms. The van der Waals surface area contributed by atoms with E-state index in [1.807, 2.05) is 13.0 Å². The summed E-state index contributed by atoms with van der Waals surface area (Å²) in [6, 6.07) is 1.83. The van der Waals surface area contributed by atoms with Crippen LogP contribution in [0, 0.1) is 5.92 Å². The predicted octanol–water partition coefficient (Wildman–Crippen LogP) is 0.375. The molecule has 0 saturated carbocycles. The van der Waals surface area contributed by atoms with Gasteiger partial charge in [0.1, 0.15) is 6.33 Å². The van der Waals surface area contributed by atoms with E-state index in [9.17, 15) is 4.79 Å². The molecule has 0 bridgehead atoms. The van der Waals surface area contributed by atoms with E-state index in [1.165, 1.54) is 13.4 Å². The highest BCUT2D eigenvalue weighted by Crippen LogP contribution is 1.96. The van der Waals surface area contributed by atoms with Crippen molar-refractivity contribution < 1.29 is 9.53 Å². The molecule has 1 unspecified atom stereocenters. The molecule has 82 valence electrons. The minimum atomic E-state index is -0.204. The fraction of sp³-hybridized carbons (Fsp3) is 0.500. The molecule has 1 heterocycles. The average Bonchev–Trinajstić information content (AvgIpc) is 2.29. The predicted molar refractivity (Wildman–Crippen MR) is 54.9 cm³/mol. The van der Waals surface area contributed by atoms with Crippen molar-refractivity contribution in [1.82, 2.24) is 15.3 Å². The van der Waals surface area contributed by atoms with Crippen LogP contribution in [0.4, 0.5) is 0 Å². The van der Waals surface area contributed by atoms with Crippen LogP contribution >= 0.6 is 0 Å². The molecule has 0 aliphatic rings. The first-order valence-corrected chi connectivity index (χ1v) is 4.77. The fourth-order valence-corrected chi connectivity index (χ4v) is 1.12. The van der Waals surface area contributed by atoms with E-state index in [0.29, 0.717) is 13.1 Å². The average molecular weight is 209 g/mol. The molecule has 0 aliphatic heterocycles. The Morgan fingerprint density at radius 3 is 3.07 bits per heavy atom. The number of hydrogen-bond acceptors (Lipinski definition) is 5. The lowest BCUT2D eigenvalue weighted by atomic mass is 10.2. The SMILES string of the molecule is COC(=O)C(C)CNCc1ccncn1. The molecule has 0 fully saturated rings. The van der Waals surface area contributed by atoms with Gasteiger partial charge in [-0.1, -0.05) is 6.92 Å². The Morgan fingerprint density at radius 1 is 1.67 bits per heavy atom. The summed E-state index contributed by atoms with van der Waals surface area (Å²) in [6.45, 7) is 3.03. The summed E-state index contributed by atoms with van der Waals surface area (Å²) in [5.41, 5.74) is 0.905. The van der Waals surface area contributed by atoms with Crippen molar-refractivity contribution in [1.29, 1.82) is 0 Å². The van der Waals surface area contributed by atoms with Crippen LogP contribution in [0.15, 0.2) is 18.6 Å². The summed E-state index contributed by atoms with van der Waals surface area (Å²) in [5.74, 6) is -0.345. The quantitative estimate of drug-likeness (QED) is 0.710. The lowest BCUT2D eigenvalue weighted by Gasteiger charge is -2.09. The van der Waals surface area contributed by atoms with Gasteiger partial charge < -0.3 is 10.1 Å². The first-order valence-electron chi connectivity index (χ1n) is 4.77. The Bertz CT molecular complexity index is 303. The maximum absolute atomic E-state index is 11.1. The molecule has 1 aromatic heterocycles. The van der Waals surface area contributed by atoms with E-state index < -0.39 is 0 Å². The molecule has 1 atom stereocenters. The molecule has 1 rings (SSSR count). The van der Waals surface area contributed by atoms with Crippen LogP contribution in [-0.2, 0) is 16.1 Å². The van der Waals surface area contributed by atoms with Gasteiger partial charge >= 0.3 is 5.97 Å². The van der Waals surface area contributed by atoms with Crippen LogP contribution in [0.3, 0.4) is 0 Å². The lowest BCUT2D eigenvalue weighted by molar-refractivity contribution is -0.144. The van der Waals surface area contributed by atoms with Crippen molar-refractivity contribution in [3.8, 4) is 0 Å². The Balaban J connectivity index is 2.25. The summed E-state index contributed by atoms with van der Waals surface area (Å²) in [7, 11) is 1.39. The third-order valence-electron chi connectivity index (χ3n) is 2.00. The summed E-state index contributed by atoms with van der Waals surface area (Å²) in [4.78, 5) is 18.9. The van der Waals surface area contributed by atoms with Crippen LogP contribution in [0.1, 0.15) is 12.6 Å². The van der Waals surface area contributed by atoms with Crippen LogP contribution in [-0.4, -0.2) is 29.6 Å². The number of ether oxygens (including phenoxy) is 1. The van der Waals surface area contributed by atoms with Gasteiger partial charge in [-0.05, 0) is 6.07 Å². The number of hydrogen-bond donors (Lipinski definition) is 1. The molecule has 0 aromatic carbocycles. The highest BCUT2D eigenvalue weighted by Gasteiger charge is 2.11. The van der Waals surface area contributed by atoms with Crippen molar-refractivity contribution in [2.75, 3.05) is 13.7 Å². The van der Waals surface area contributed by atoms with Crippen molar-refractivity contribution in [2.45, 2.75) is 13.5 Å². The maximum Gasteiger partial charge on any atom is 0.309 e. The second-order valence-electron chi connectivity index (χ2n) is 3.26. The summed E-state index contributed by atoms with van der Waals surface area (Å²) in [5, 5.41) is 3.13. The second-order valence-corrected chi connectivity index (χ2v) is 3.26. The van der Waals surface area contributed by atoms with Crippen LogP contribution < -0.4 is 5.32 Å². The number of nitrogens with one attached hydrogen (secondary N) is 1. The second kappa shape index (κ2) is 6.08. The molecule has 5 nitrogen and oxygen atoms in total. The van der Waals surface area contributed by atoms with Crippen molar-refractivity contribution in [3.63, 3.8) is 0 Å². The summed E-state index contributed by atoms with van der Waals surface area (Å²) < 4.78 is 4.61. The molecule has 0 saturated heterocycles. The van der Waals surface area contributed by atoms with E-state index >= 15 is 0 Å². The molecule has 0 spiro atoms. The van der Waals surface area contributed by atoms with Crippen LogP contribution in [0.2, 0.25) is 0 Å². The standard InChI is InChI=1S/C10H15N3O2/c1-8(10(14)15-2)5-12-6-9-3-4-11-7-13-9/h3-4,7-8,12H,5-6H2,1-2H3. The zero-order valence-corrected chi connectivity index (χ0v) is 8.93. The number of esters is 1. The zero-order chi connectivity index (χ0) is 11.1. The first-order chi connectivity index (χ1) is 7.24. The van der Waals surface area contributed by atoms with E-state index in [0.717, 1.165) is 5.69 Å². The summed E-state index contributed by atoms with van der Waals surface area (Å²) >= 11 is 0. The van der Waals surface area contributed by atoms with Crippen molar-refractivity contribution >= 4 is 5.97 Å². The van der Waals surface area contributed by atoms with E-state index in [2.05, 4.69) is 20.0 Å². The summed E-state index contributed by atoms with van der Waals surface area (Å²) in [6.07, 6.45) is 3.19. The fourth-order valence-electron chi connectivity index (χ4n) is 1.12. The third kappa shape index (κ3) is 4.03. The lowest BCUT2D eigenvalue weighted by Crippen LogP contribution is -2.27.